The second-order valence-corrected chi connectivity index (χ2v) is 6.13. The lowest BCUT2D eigenvalue weighted by Crippen LogP contribution is -2.56. The summed E-state index contributed by atoms with van der Waals surface area (Å²) in [5.74, 6) is 0.160. The van der Waals surface area contributed by atoms with E-state index in [1.165, 1.54) is 0 Å². The fourth-order valence-electron chi connectivity index (χ4n) is 3.36. The van der Waals surface area contributed by atoms with Gasteiger partial charge in [0, 0.05) is 32.7 Å². The Bertz CT molecular complexity index is 485. The SMILES string of the molecule is O=C(CCCn1cnnn1)N1CCC2(CC1)OCCCC2O. The van der Waals surface area contributed by atoms with E-state index < -0.39 is 11.7 Å². The normalized spacial score (nSPS) is 24.6. The Morgan fingerprint density at radius 1 is 1.41 bits per heavy atom. The number of carbonyl (C=O) groups is 1. The maximum absolute atomic E-state index is 12.2. The molecular weight excluding hydrogens is 286 g/mol. The van der Waals surface area contributed by atoms with Gasteiger partial charge in [-0.25, -0.2) is 4.68 Å². The third-order valence-electron chi connectivity index (χ3n) is 4.75. The van der Waals surface area contributed by atoms with Crippen molar-refractivity contribution in [2.24, 2.45) is 0 Å². The average Bonchev–Trinajstić information content (AvgIpc) is 3.04. The summed E-state index contributed by atoms with van der Waals surface area (Å²) in [7, 11) is 0. The number of tetrazole rings is 1. The molecule has 2 aliphatic rings. The van der Waals surface area contributed by atoms with Crippen molar-refractivity contribution in [2.75, 3.05) is 19.7 Å². The molecule has 1 aromatic heterocycles. The summed E-state index contributed by atoms with van der Waals surface area (Å²) >= 11 is 0. The first-order valence-corrected chi connectivity index (χ1v) is 8.00. The number of aromatic nitrogens is 4. The third kappa shape index (κ3) is 3.27. The van der Waals surface area contributed by atoms with Gasteiger partial charge in [-0.15, -0.1) is 5.10 Å². The molecule has 3 heterocycles. The van der Waals surface area contributed by atoms with Gasteiger partial charge in [-0.3, -0.25) is 4.79 Å². The quantitative estimate of drug-likeness (QED) is 0.840. The Labute approximate surface area is 129 Å². The van der Waals surface area contributed by atoms with E-state index >= 15 is 0 Å². The molecule has 0 aromatic carbocycles. The second-order valence-electron chi connectivity index (χ2n) is 6.13. The van der Waals surface area contributed by atoms with Crippen molar-refractivity contribution in [3.8, 4) is 0 Å². The van der Waals surface area contributed by atoms with Crippen LogP contribution in [0.15, 0.2) is 6.33 Å². The van der Waals surface area contributed by atoms with Gasteiger partial charge >= 0.3 is 0 Å². The van der Waals surface area contributed by atoms with Crippen molar-refractivity contribution in [2.45, 2.75) is 56.8 Å². The Hall–Kier alpha value is -1.54. The molecule has 0 bridgehead atoms. The third-order valence-corrected chi connectivity index (χ3v) is 4.75. The van der Waals surface area contributed by atoms with Crippen molar-refractivity contribution in [3.63, 3.8) is 0 Å². The molecule has 0 aliphatic carbocycles. The largest absolute Gasteiger partial charge is 0.390 e. The van der Waals surface area contributed by atoms with Crippen molar-refractivity contribution < 1.29 is 14.6 Å². The maximum atomic E-state index is 12.2. The predicted octanol–water partition coefficient (Wildman–Crippen LogP) is -0.0142. The van der Waals surface area contributed by atoms with Gasteiger partial charge in [-0.05, 0) is 42.5 Å². The smallest absolute Gasteiger partial charge is 0.222 e. The van der Waals surface area contributed by atoms with Crippen LogP contribution in [0.1, 0.15) is 38.5 Å². The molecule has 8 nitrogen and oxygen atoms in total. The van der Waals surface area contributed by atoms with Gasteiger partial charge in [0.1, 0.15) is 6.33 Å². The molecule has 1 unspecified atom stereocenters. The van der Waals surface area contributed by atoms with E-state index in [4.69, 9.17) is 4.74 Å². The van der Waals surface area contributed by atoms with Crippen LogP contribution >= 0.6 is 0 Å². The number of aliphatic hydroxyl groups excluding tert-OH is 1. The zero-order chi connectivity index (χ0) is 15.4. The zero-order valence-electron chi connectivity index (χ0n) is 12.7. The first kappa shape index (κ1) is 15.4. The number of rotatable bonds is 4. The minimum Gasteiger partial charge on any atom is -0.390 e. The first-order chi connectivity index (χ1) is 10.7. The van der Waals surface area contributed by atoms with Gasteiger partial charge in [0.2, 0.25) is 5.91 Å². The number of hydrogen-bond donors (Lipinski definition) is 1. The van der Waals surface area contributed by atoms with Gasteiger partial charge < -0.3 is 14.7 Å². The van der Waals surface area contributed by atoms with Crippen molar-refractivity contribution in [3.05, 3.63) is 6.33 Å². The van der Waals surface area contributed by atoms with Crippen molar-refractivity contribution in [1.29, 1.82) is 0 Å². The number of ether oxygens (including phenoxy) is 1. The number of amides is 1. The lowest BCUT2D eigenvalue weighted by Gasteiger charge is -2.46. The molecule has 0 saturated carbocycles. The molecule has 122 valence electrons. The van der Waals surface area contributed by atoms with Crippen LogP contribution in [0.4, 0.5) is 0 Å². The van der Waals surface area contributed by atoms with Crippen LogP contribution in [0.2, 0.25) is 0 Å². The van der Waals surface area contributed by atoms with E-state index in [1.54, 1.807) is 11.0 Å². The van der Waals surface area contributed by atoms with E-state index in [-0.39, 0.29) is 5.91 Å². The Morgan fingerprint density at radius 2 is 2.23 bits per heavy atom. The number of carbonyl (C=O) groups excluding carboxylic acids is 1. The fourth-order valence-corrected chi connectivity index (χ4v) is 3.36. The molecule has 2 aliphatic heterocycles. The van der Waals surface area contributed by atoms with Gasteiger partial charge in [0.15, 0.2) is 0 Å². The summed E-state index contributed by atoms with van der Waals surface area (Å²) in [4.78, 5) is 14.1. The summed E-state index contributed by atoms with van der Waals surface area (Å²) in [6, 6.07) is 0. The highest BCUT2D eigenvalue weighted by Crippen LogP contribution is 2.35. The Kier molecular flexibility index (Phi) is 4.68. The Morgan fingerprint density at radius 3 is 2.91 bits per heavy atom. The number of nitrogens with zero attached hydrogens (tertiary/aromatic N) is 5. The van der Waals surface area contributed by atoms with Crippen LogP contribution in [0.3, 0.4) is 0 Å². The lowest BCUT2D eigenvalue weighted by molar-refractivity contribution is -0.179. The molecule has 2 fully saturated rings. The maximum Gasteiger partial charge on any atom is 0.222 e. The highest BCUT2D eigenvalue weighted by molar-refractivity contribution is 5.76. The van der Waals surface area contributed by atoms with Crippen LogP contribution in [0.5, 0.6) is 0 Å². The van der Waals surface area contributed by atoms with E-state index in [9.17, 15) is 9.90 Å². The molecule has 1 aromatic rings. The molecule has 3 rings (SSSR count). The topological polar surface area (TPSA) is 93.4 Å². The summed E-state index contributed by atoms with van der Waals surface area (Å²) in [6.45, 7) is 2.71. The molecule has 1 N–H and O–H groups in total. The molecule has 1 spiro atoms. The number of piperidine rings is 1. The highest BCUT2D eigenvalue weighted by atomic mass is 16.5. The summed E-state index contributed by atoms with van der Waals surface area (Å²) < 4.78 is 7.49. The number of hydrogen-bond acceptors (Lipinski definition) is 6. The second kappa shape index (κ2) is 6.70. The average molecular weight is 309 g/mol. The zero-order valence-corrected chi connectivity index (χ0v) is 12.7. The van der Waals surface area contributed by atoms with E-state index in [1.807, 2.05) is 4.90 Å². The summed E-state index contributed by atoms with van der Waals surface area (Å²) in [5.41, 5.74) is -0.415. The Balaban J connectivity index is 1.43. The highest BCUT2D eigenvalue weighted by Gasteiger charge is 2.44. The number of aliphatic hydroxyl groups is 1. The lowest BCUT2D eigenvalue weighted by atomic mass is 9.82. The fraction of sp³-hybridized carbons (Fsp3) is 0.857. The summed E-state index contributed by atoms with van der Waals surface area (Å²) in [5, 5.41) is 21.1. The molecule has 1 amide bonds. The summed E-state index contributed by atoms with van der Waals surface area (Å²) in [6.07, 6.45) is 5.57. The molecular formula is C14H23N5O3. The molecule has 1 atom stereocenters. The minimum absolute atomic E-state index is 0.160. The minimum atomic E-state index is -0.415. The molecule has 22 heavy (non-hydrogen) atoms. The predicted molar refractivity (Wildman–Crippen MR) is 76.8 cm³/mol. The van der Waals surface area contributed by atoms with Crippen LogP contribution < -0.4 is 0 Å². The van der Waals surface area contributed by atoms with E-state index in [0.717, 1.165) is 38.7 Å². The van der Waals surface area contributed by atoms with Crippen LogP contribution in [0, 0.1) is 0 Å². The van der Waals surface area contributed by atoms with Crippen molar-refractivity contribution in [1.82, 2.24) is 25.1 Å². The van der Waals surface area contributed by atoms with Gasteiger partial charge in [-0.2, -0.15) is 0 Å². The molecule has 8 heteroatoms. The van der Waals surface area contributed by atoms with Crippen LogP contribution in [0.25, 0.3) is 0 Å². The number of likely N-dealkylation sites (tertiary alicyclic amines) is 1. The van der Waals surface area contributed by atoms with Gasteiger partial charge in [0.05, 0.1) is 11.7 Å². The van der Waals surface area contributed by atoms with Gasteiger partial charge in [-0.1, -0.05) is 0 Å². The monoisotopic (exact) mass is 309 g/mol. The van der Waals surface area contributed by atoms with E-state index in [0.29, 0.717) is 26.1 Å². The van der Waals surface area contributed by atoms with Crippen LogP contribution in [-0.4, -0.2) is 67.5 Å². The first-order valence-electron chi connectivity index (χ1n) is 8.00. The standard InChI is InChI=1S/C14H23N5O3/c20-12-3-2-10-22-14(12)5-8-18(9-6-14)13(21)4-1-7-19-11-15-16-17-19/h11-12,20H,1-10H2. The number of aryl methyl sites for hydroxylation is 1. The molecule has 0 radical (unpaired) electrons. The molecule has 2 saturated heterocycles. The van der Waals surface area contributed by atoms with Crippen molar-refractivity contribution >= 4 is 5.91 Å². The van der Waals surface area contributed by atoms with Gasteiger partial charge in [0.25, 0.3) is 0 Å². The van der Waals surface area contributed by atoms with Crippen LogP contribution in [-0.2, 0) is 16.1 Å². The van der Waals surface area contributed by atoms with E-state index in [2.05, 4.69) is 15.5 Å².